The molecule has 0 heterocycles. The molecule has 0 saturated carbocycles. The van der Waals surface area contributed by atoms with Gasteiger partial charge in [0.25, 0.3) is 6.43 Å². The van der Waals surface area contributed by atoms with Crippen molar-refractivity contribution in [2.24, 2.45) is 5.73 Å². The minimum absolute atomic E-state index is 0.0160. The van der Waals surface area contributed by atoms with Gasteiger partial charge in [-0.2, -0.15) is 17.6 Å². The van der Waals surface area contributed by atoms with Gasteiger partial charge in [-0.15, -0.1) is 0 Å². The zero-order valence-electron chi connectivity index (χ0n) is 8.79. The predicted octanol–water partition coefficient (Wildman–Crippen LogP) is 3.19. The van der Waals surface area contributed by atoms with E-state index in [9.17, 15) is 26.3 Å². The number of nitrogens with two attached hydrogens (primary N) is 1. The Kier molecular flexibility index (Phi) is 4.44. The van der Waals surface area contributed by atoms with Gasteiger partial charge in [0, 0.05) is 0 Å². The van der Waals surface area contributed by atoms with Crippen molar-refractivity contribution in [2.45, 2.75) is 25.0 Å². The van der Waals surface area contributed by atoms with Crippen molar-refractivity contribution in [3.05, 3.63) is 29.8 Å². The Morgan fingerprint density at radius 2 is 1.50 bits per heavy atom. The van der Waals surface area contributed by atoms with Gasteiger partial charge in [0.2, 0.25) is 0 Å². The summed E-state index contributed by atoms with van der Waals surface area (Å²) in [5.74, 6) is -0.564. The minimum Gasteiger partial charge on any atom is -0.428 e. The molecule has 0 aliphatic heterocycles. The zero-order chi connectivity index (χ0) is 13.9. The number of halogens is 6. The van der Waals surface area contributed by atoms with Crippen LogP contribution in [-0.4, -0.2) is 19.0 Å². The van der Waals surface area contributed by atoms with Gasteiger partial charge < -0.3 is 10.5 Å². The van der Waals surface area contributed by atoms with Gasteiger partial charge in [-0.1, -0.05) is 12.1 Å². The first-order valence-electron chi connectivity index (χ1n) is 4.72. The fourth-order valence-corrected chi connectivity index (χ4v) is 1.11. The average molecular weight is 273 g/mol. The first-order chi connectivity index (χ1) is 8.24. The van der Waals surface area contributed by atoms with Crippen LogP contribution in [0.4, 0.5) is 26.3 Å². The summed E-state index contributed by atoms with van der Waals surface area (Å²) in [6, 6.07) is 2.18. The number of hydrogen-bond donors (Lipinski definition) is 1. The number of ether oxygens (including phenoxy) is 1. The number of benzene rings is 1. The molecule has 0 bridgehead atoms. The summed E-state index contributed by atoms with van der Waals surface area (Å²) in [5, 5.41) is 0. The Hall–Kier alpha value is -1.44. The number of rotatable bonds is 5. The van der Waals surface area contributed by atoms with Gasteiger partial charge in [0.05, 0.1) is 6.04 Å². The van der Waals surface area contributed by atoms with Gasteiger partial charge in [-0.25, -0.2) is 8.78 Å². The molecule has 1 aromatic rings. The summed E-state index contributed by atoms with van der Waals surface area (Å²) in [6.45, 7) is 0. The highest BCUT2D eigenvalue weighted by molar-refractivity contribution is 5.29. The van der Waals surface area contributed by atoms with Crippen molar-refractivity contribution < 1.29 is 31.1 Å². The van der Waals surface area contributed by atoms with Crippen LogP contribution < -0.4 is 10.5 Å². The smallest absolute Gasteiger partial charge is 0.428 e. The van der Waals surface area contributed by atoms with Gasteiger partial charge in [0.15, 0.2) is 0 Å². The van der Waals surface area contributed by atoms with Crippen molar-refractivity contribution in [3.63, 3.8) is 0 Å². The van der Waals surface area contributed by atoms with Gasteiger partial charge in [0.1, 0.15) is 5.75 Å². The standard InChI is InChI=1S/C10H9F6NO/c11-8(12)7(17)5-1-3-6(4-2-5)18-10(15,16)9(13)14/h1-4,7-9H,17H2/t7-/m0/s1. The summed E-state index contributed by atoms with van der Waals surface area (Å²) in [4.78, 5) is 0. The lowest BCUT2D eigenvalue weighted by Gasteiger charge is -2.17. The SMILES string of the molecule is N[C@@H](c1ccc(OC(F)(F)C(F)F)cc1)C(F)F. The van der Waals surface area contributed by atoms with Crippen LogP contribution in [0.1, 0.15) is 11.6 Å². The van der Waals surface area contributed by atoms with Crippen LogP contribution in [-0.2, 0) is 0 Å². The lowest BCUT2D eigenvalue weighted by Crippen LogP contribution is -2.33. The first-order valence-corrected chi connectivity index (χ1v) is 4.72. The van der Waals surface area contributed by atoms with Crippen LogP contribution in [0.2, 0.25) is 0 Å². The second-order valence-electron chi connectivity index (χ2n) is 3.39. The van der Waals surface area contributed by atoms with E-state index >= 15 is 0 Å². The predicted molar refractivity (Wildman–Crippen MR) is 51.0 cm³/mol. The van der Waals surface area contributed by atoms with Gasteiger partial charge in [-0.05, 0) is 17.7 Å². The van der Waals surface area contributed by atoms with Gasteiger partial charge >= 0.3 is 12.5 Å². The molecular weight excluding hydrogens is 264 g/mol. The highest BCUT2D eigenvalue weighted by Gasteiger charge is 2.43. The largest absolute Gasteiger partial charge is 0.461 e. The van der Waals surface area contributed by atoms with E-state index in [0.717, 1.165) is 24.3 Å². The summed E-state index contributed by atoms with van der Waals surface area (Å²) in [5.41, 5.74) is 5.09. The molecule has 0 saturated heterocycles. The lowest BCUT2D eigenvalue weighted by atomic mass is 10.1. The maximum absolute atomic E-state index is 12.5. The Labute approximate surface area is 98.3 Å². The fourth-order valence-electron chi connectivity index (χ4n) is 1.11. The summed E-state index contributed by atoms with van der Waals surface area (Å²) in [7, 11) is 0. The number of alkyl halides is 6. The first kappa shape index (κ1) is 14.6. The second kappa shape index (κ2) is 5.47. The van der Waals surface area contributed by atoms with E-state index in [4.69, 9.17) is 5.73 Å². The summed E-state index contributed by atoms with van der Waals surface area (Å²) < 4.78 is 76.8. The molecule has 8 heteroatoms. The fraction of sp³-hybridized carbons (Fsp3) is 0.400. The Morgan fingerprint density at radius 1 is 1.00 bits per heavy atom. The van der Waals surface area contributed by atoms with E-state index in [0.29, 0.717) is 0 Å². The maximum atomic E-state index is 12.5. The third-order valence-electron chi connectivity index (χ3n) is 2.04. The van der Waals surface area contributed by atoms with Crippen LogP contribution in [0.15, 0.2) is 24.3 Å². The molecule has 0 spiro atoms. The Bertz CT molecular complexity index is 380. The minimum atomic E-state index is -4.63. The highest BCUT2D eigenvalue weighted by atomic mass is 19.3. The molecule has 2 nitrogen and oxygen atoms in total. The molecule has 1 rings (SSSR count). The van der Waals surface area contributed by atoms with Crippen molar-refractivity contribution in [1.29, 1.82) is 0 Å². The molecule has 102 valence electrons. The molecule has 2 N–H and O–H groups in total. The maximum Gasteiger partial charge on any atom is 0.461 e. The van der Waals surface area contributed by atoms with Crippen LogP contribution in [0.25, 0.3) is 0 Å². The highest BCUT2D eigenvalue weighted by Crippen LogP contribution is 2.28. The van der Waals surface area contributed by atoms with E-state index in [-0.39, 0.29) is 5.56 Å². The molecule has 0 aromatic heterocycles. The van der Waals surface area contributed by atoms with E-state index in [1.165, 1.54) is 0 Å². The Balaban J connectivity index is 2.78. The summed E-state index contributed by atoms with van der Waals surface area (Å²) >= 11 is 0. The molecule has 0 unspecified atom stereocenters. The molecule has 1 aromatic carbocycles. The second-order valence-corrected chi connectivity index (χ2v) is 3.39. The molecule has 1 atom stereocenters. The van der Waals surface area contributed by atoms with Crippen molar-refractivity contribution >= 4 is 0 Å². The van der Waals surface area contributed by atoms with E-state index < -0.39 is 30.8 Å². The molecular formula is C10H9F6NO. The molecule has 0 aliphatic carbocycles. The molecule has 0 fully saturated rings. The summed E-state index contributed by atoms with van der Waals surface area (Å²) in [6.07, 6.45) is -11.4. The molecule has 0 amide bonds. The number of hydrogen-bond acceptors (Lipinski definition) is 2. The van der Waals surface area contributed by atoms with Crippen molar-refractivity contribution in [2.75, 3.05) is 0 Å². The van der Waals surface area contributed by atoms with Crippen LogP contribution in [0.5, 0.6) is 5.75 Å². The van der Waals surface area contributed by atoms with Crippen LogP contribution >= 0.6 is 0 Å². The van der Waals surface area contributed by atoms with Crippen molar-refractivity contribution in [1.82, 2.24) is 0 Å². The van der Waals surface area contributed by atoms with Crippen LogP contribution in [0.3, 0.4) is 0 Å². The van der Waals surface area contributed by atoms with Gasteiger partial charge in [-0.3, -0.25) is 0 Å². The van der Waals surface area contributed by atoms with E-state index in [1.54, 1.807) is 0 Å². The van der Waals surface area contributed by atoms with Crippen molar-refractivity contribution in [3.8, 4) is 5.75 Å². The third-order valence-corrected chi connectivity index (χ3v) is 2.04. The van der Waals surface area contributed by atoms with Crippen LogP contribution in [0, 0.1) is 0 Å². The monoisotopic (exact) mass is 273 g/mol. The van der Waals surface area contributed by atoms with E-state index in [1.807, 2.05) is 0 Å². The molecule has 18 heavy (non-hydrogen) atoms. The Morgan fingerprint density at radius 3 is 1.89 bits per heavy atom. The third kappa shape index (κ3) is 3.52. The zero-order valence-corrected chi connectivity index (χ0v) is 8.79. The average Bonchev–Trinajstić information content (AvgIpc) is 2.28. The lowest BCUT2D eigenvalue weighted by molar-refractivity contribution is -0.253. The normalized spacial score (nSPS) is 14.1. The molecule has 0 radical (unpaired) electrons. The molecule has 0 aliphatic rings. The quantitative estimate of drug-likeness (QED) is 0.836. The topological polar surface area (TPSA) is 35.2 Å². The van der Waals surface area contributed by atoms with E-state index in [2.05, 4.69) is 4.74 Å².